The van der Waals surface area contributed by atoms with E-state index in [9.17, 15) is 0 Å². The van der Waals surface area contributed by atoms with Gasteiger partial charge in [-0.15, -0.1) is 50.8 Å². The minimum atomic E-state index is 0. The maximum Gasteiger partial charge on any atom is 2.00 e. The first-order valence-electron chi connectivity index (χ1n) is 5.61. The molecule has 2 rings (SSSR count). The van der Waals surface area contributed by atoms with Gasteiger partial charge in [0.1, 0.15) is 0 Å². The van der Waals surface area contributed by atoms with Crippen LogP contribution in [0.4, 0.5) is 0 Å². The Morgan fingerprint density at radius 1 is 0.895 bits per heavy atom. The summed E-state index contributed by atoms with van der Waals surface area (Å²) in [5.74, 6) is 0. The summed E-state index contributed by atoms with van der Waals surface area (Å²) in [5.41, 5.74) is 2.56. The van der Waals surface area contributed by atoms with Crippen LogP contribution in [0.3, 0.4) is 0 Å². The van der Waals surface area contributed by atoms with Crippen molar-refractivity contribution < 1.29 is 21.7 Å². The minimum absolute atomic E-state index is 0. The monoisotopic (exact) mass is 330 g/mol. The van der Waals surface area contributed by atoms with E-state index in [1.165, 1.54) is 11.1 Å². The van der Waals surface area contributed by atoms with Gasteiger partial charge >= 0.3 is 21.7 Å². The topological polar surface area (TPSA) is 0 Å². The third kappa shape index (κ3) is 11.3. The Labute approximate surface area is 144 Å². The molecule has 0 heterocycles. The Morgan fingerprint density at radius 2 is 1.26 bits per heavy atom. The number of halogens is 2. The normalized spacial score (nSPS) is 13.7. The van der Waals surface area contributed by atoms with Crippen molar-refractivity contribution in [2.24, 2.45) is 0 Å². The molecule has 0 radical (unpaired) electrons. The zero-order chi connectivity index (χ0) is 11.6. The number of allylic oxidation sites excluding steroid dienone is 10. The van der Waals surface area contributed by atoms with Crippen molar-refractivity contribution in [1.29, 1.82) is 0 Å². The van der Waals surface area contributed by atoms with Crippen molar-refractivity contribution in [1.82, 2.24) is 0 Å². The van der Waals surface area contributed by atoms with Crippen LogP contribution in [0, 0.1) is 12.2 Å². The molecule has 2 aliphatic carbocycles. The zero-order valence-corrected chi connectivity index (χ0v) is 14.2. The fraction of sp³-hybridized carbons (Fsp3) is 0.250. The first-order chi connectivity index (χ1) is 7.86. The molecular weight excluding hydrogens is 311 g/mol. The molecule has 0 aromatic carbocycles. The Balaban J connectivity index is -0.000000233. The van der Waals surface area contributed by atoms with Crippen LogP contribution in [0.15, 0.2) is 60.8 Å². The van der Waals surface area contributed by atoms with Gasteiger partial charge in [0.15, 0.2) is 0 Å². The van der Waals surface area contributed by atoms with Gasteiger partial charge in [0.05, 0.1) is 0 Å². The van der Waals surface area contributed by atoms with Crippen LogP contribution in [-0.4, -0.2) is 0 Å². The van der Waals surface area contributed by atoms with E-state index in [1.54, 1.807) is 0 Å². The fourth-order valence-electron chi connectivity index (χ4n) is 1.49. The van der Waals surface area contributed by atoms with Gasteiger partial charge in [0, 0.05) is 0 Å². The van der Waals surface area contributed by atoms with Crippen LogP contribution in [0.5, 0.6) is 0 Å². The second-order valence-electron chi connectivity index (χ2n) is 3.60. The number of rotatable bonds is 4. The molecule has 0 aromatic heterocycles. The molecule has 0 unspecified atom stereocenters. The molecule has 19 heavy (non-hydrogen) atoms. The van der Waals surface area contributed by atoms with Gasteiger partial charge in [0.2, 0.25) is 0 Å². The quantitative estimate of drug-likeness (QED) is 0.370. The van der Waals surface area contributed by atoms with Gasteiger partial charge < -0.3 is 0 Å². The van der Waals surface area contributed by atoms with Crippen LogP contribution < -0.4 is 0 Å². The van der Waals surface area contributed by atoms with Crippen LogP contribution in [0.1, 0.15) is 25.7 Å². The minimum Gasteiger partial charge on any atom is -0.269 e. The Hall–Kier alpha value is -0.266. The van der Waals surface area contributed by atoms with E-state index in [1.807, 2.05) is 12.2 Å². The molecule has 0 spiro atoms. The third-order valence-electron chi connectivity index (χ3n) is 2.26. The van der Waals surface area contributed by atoms with Crippen LogP contribution in [0.2, 0.25) is 0 Å². The SMILES string of the molecule is C=CCC1=[C-]CC=C1.C=CCC1=[C-]CC=C1.Cl.Cl.[Ti+2]. The first-order valence-corrected chi connectivity index (χ1v) is 5.61. The van der Waals surface area contributed by atoms with Crippen molar-refractivity contribution in [3.63, 3.8) is 0 Å². The zero-order valence-electron chi connectivity index (χ0n) is 11.0. The van der Waals surface area contributed by atoms with E-state index >= 15 is 0 Å². The maximum atomic E-state index is 3.63. The van der Waals surface area contributed by atoms with Crippen molar-refractivity contribution in [3.8, 4) is 0 Å². The largest absolute Gasteiger partial charge is 2.00 e. The molecule has 0 amide bonds. The number of hydrogen-bond acceptors (Lipinski definition) is 0. The summed E-state index contributed by atoms with van der Waals surface area (Å²) in [4.78, 5) is 0. The molecule has 0 atom stereocenters. The van der Waals surface area contributed by atoms with E-state index in [0.717, 1.165) is 25.7 Å². The Kier molecular flexibility index (Phi) is 19.8. The van der Waals surface area contributed by atoms with Crippen molar-refractivity contribution in [2.75, 3.05) is 0 Å². The first kappa shape index (κ1) is 23.8. The Bertz CT molecular complexity index is 327. The molecule has 2 aliphatic rings. The maximum absolute atomic E-state index is 3.63. The standard InChI is InChI=1S/2C8H9.2ClH.Ti/c2*1-2-5-8-6-3-4-7-8;;;/h2*2-3,6H,1,4-5H2;2*1H;/q2*-1;;;+2. The van der Waals surface area contributed by atoms with Crippen LogP contribution in [0.25, 0.3) is 0 Å². The summed E-state index contributed by atoms with van der Waals surface area (Å²) in [7, 11) is 0. The summed E-state index contributed by atoms with van der Waals surface area (Å²) in [6, 6.07) is 0. The van der Waals surface area contributed by atoms with Gasteiger partial charge in [-0.05, 0) is 12.8 Å². The van der Waals surface area contributed by atoms with Crippen LogP contribution in [-0.2, 0) is 21.7 Å². The third-order valence-corrected chi connectivity index (χ3v) is 2.26. The van der Waals surface area contributed by atoms with Crippen molar-refractivity contribution >= 4 is 24.8 Å². The Morgan fingerprint density at radius 3 is 1.47 bits per heavy atom. The second-order valence-corrected chi connectivity index (χ2v) is 3.60. The predicted molar refractivity (Wildman–Crippen MR) is 85.2 cm³/mol. The molecule has 102 valence electrons. The average Bonchev–Trinajstić information content (AvgIpc) is 2.92. The van der Waals surface area contributed by atoms with Crippen LogP contribution >= 0.6 is 24.8 Å². The molecule has 3 heteroatoms. The van der Waals surface area contributed by atoms with E-state index in [4.69, 9.17) is 0 Å². The van der Waals surface area contributed by atoms with Gasteiger partial charge in [-0.1, -0.05) is 12.2 Å². The molecule has 0 N–H and O–H groups in total. The summed E-state index contributed by atoms with van der Waals surface area (Å²) < 4.78 is 0. The molecule has 0 fully saturated rings. The average molecular weight is 331 g/mol. The molecular formula is C16H20Cl2Ti. The van der Waals surface area contributed by atoms with E-state index in [0.29, 0.717) is 0 Å². The second kappa shape index (κ2) is 15.8. The van der Waals surface area contributed by atoms with Crippen molar-refractivity contribution in [3.05, 3.63) is 72.9 Å². The molecule has 0 nitrogen and oxygen atoms in total. The molecule has 0 aromatic rings. The molecule has 0 bridgehead atoms. The van der Waals surface area contributed by atoms with Gasteiger partial charge in [-0.25, -0.2) is 23.3 Å². The van der Waals surface area contributed by atoms with Gasteiger partial charge in [-0.3, -0.25) is 12.2 Å². The van der Waals surface area contributed by atoms with E-state index < -0.39 is 0 Å². The fourth-order valence-corrected chi connectivity index (χ4v) is 1.49. The molecule has 0 saturated heterocycles. The van der Waals surface area contributed by atoms with E-state index in [2.05, 4.69) is 49.6 Å². The summed E-state index contributed by atoms with van der Waals surface area (Å²) in [6.45, 7) is 7.26. The van der Waals surface area contributed by atoms with E-state index in [-0.39, 0.29) is 46.5 Å². The van der Waals surface area contributed by atoms with Gasteiger partial charge in [0.25, 0.3) is 0 Å². The predicted octanol–water partition coefficient (Wildman–Crippen LogP) is 5.35. The molecule has 0 aliphatic heterocycles. The van der Waals surface area contributed by atoms with Gasteiger partial charge in [-0.2, -0.15) is 12.2 Å². The molecule has 0 saturated carbocycles. The summed E-state index contributed by atoms with van der Waals surface area (Å²) in [6.07, 6.45) is 22.5. The smallest absolute Gasteiger partial charge is 0.269 e. The van der Waals surface area contributed by atoms with Crippen molar-refractivity contribution in [2.45, 2.75) is 25.7 Å². The summed E-state index contributed by atoms with van der Waals surface area (Å²) >= 11 is 0. The summed E-state index contributed by atoms with van der Waals surface area (Å²) in [5, 5.41) is 0. The number of hydrogen-bond donors (Lipinski definition) is 0.